The molecule has 0 aliphatic carbocycles. The van der Waals surface area contributed by atoms with Crippen LogP contribution in [0.4, 0.5) is 11.6 Å². The molecular formula is C13H18ClN5O2. The first-order valence-corrected chi connectivity index (χ1v) is 6.76. The number of hydrogen-bond donors (Lipinski definition) is 2. The van der Waals surface area contributed by atoms with Crippen LogP contribution in [-0.4, -0.2) is 37.6 Å². The van der Waals surface area contributed by atoms with Crippen LogP contribution < -0.4 is 10.1 Å². The molecule has 2 heterocycles. The number of methoxy groups -OCH3 is 1. The Balaban J connectivity index is 2.20. The Morgan fingerprint density at radius 3 is 2.81 bits per heavy atom. The van der Waals surface area contributed by atoms with E-state index in [1.54, 1.807) is 24.7 Å². The monoisotopic (exact) mass is 311 g/mol. The molecule has 0 aliphatic rings. The first kappa shape index (κ1) is 15.5. The topological polar surface area (TPSA) is 85.1 Å². The van der Waals surface area contributed by atoms with Gasteiger partial charge in [0.2, 0.25) is 11.8 Å². The Morgan fingerprint density at radius 2 is 2.19 bits per heavy atom. The highest BCUT2D eigenvalue weighted by atomic mass is 35.5. The average molecular weight is 312 g/mol. The molecule has 0 spiro atoms. The van der Waals surface area contributed by atoms with Crippen LogP contribution in [0.3, 0.4) is 0 Å². The summed E-state index contributed by atoms with van der Waals surface area (Å²) in [5.74, 6) is 0.665. The van der Waals surface area contributed by atoms with Gasteiger partial charge in [0.15, 0.2) is 0 Å². The molecule has 0 radical (unpaired) electrons. The molecule has 21 heavy (non-hydrogen) atoms. The Hall–Kier alpha value is -1.86. The number of nitrogens with one attached hydrogen (secondary N) is 1. The number of aliphatic hydroxyl groups is 1. The Kier molecular flexibility index (Phi) is 4.34. The molecule has 2 N–H and O–H groups in total. The van der Waals surface area contributed by atoms with Crippen molar-refractivity contribution in [2.45, 2.75) is 32.9 Å². The van der Waals surface area contributed by atoms with Crippen LogP contribution in [0.15, 0.2) is 12.4 Å². The van der Waals surface area contributed by atoms with Crippen molar-refractivity contribution < 1.29 is 9.84 Å². The molecule has 0 unspecified atom stereocenters. The van der Waals surface area contributed by atoms with Gasteiger partial charge in [-0.25, -0.2) is 4.98 Å². The van der Waals surface area contributed by atoms with E-state index in [0.717, 1.165) is 11.4 Å². The molecule has 114 valence electrons. The Morgan fingerprint density at radius 1 is 1.48 bits per heavy atom. The van der Waals surface area contributed by atoms with E-state index in [1.165, 1.54) is 13.3 Å². The van der Waals surface area contributed by atoms with E-state index < -0.39 is 5.60 Å². The molecule has 0 bridgehead atoms. The van der Waals surface area contributed by atoms with E-state index in [2.05, 4.69) is 20.4 Å². The lowest BCUT2D eigenvalue weighted by molar-refractivity contribution is 0.0577. The summed E-state index contributed by atoms with van der Waals surface area (Å²) in [4.78, 5) is 8.23. The molecule has 0 atom stereocenters. The maximum atomic E-state index is 9.82. The van der Waals surface area contributed by atoms with Gasteiger partial charge in [0.25, 0.3) is 0 Å². The third-order valence-electron chi connectivity index (χ3n) is 2.65. The fraction of sp³-hybridized carbons (Fsp3) is 0.462. The number of ether oxygens (including phenoxy) is 1. The van der Waals surface area contributed by atoms with Crippen LogP contribution >= 0.6 is 11.6 Å². The molecule has 0 saturated carbocycles. The van der Waals surface area contributed by atoms with Gasteiger partial charge in [-0.1, -0.05) is 11.6 Å². The first-order valence-electron chi connectivity index (χ1n) is 6.38. The second-order valence-corrected chi connectivity index (χ2v) is 5.72. The van der Waals surface area contributed by atoms with Gasteiger partial charge in [0, 0.05) is 6.20 Å². The zero-order valence-electron chi connectivity index (χ0n) is 12.4. The maximum Gasteiger partial charge on any atom is 0.237 e. The highest BCUT2D eigenvalue weighted by molar-refractivity contribution is 6.31. The van der Waals surface area contributed by atoms with E-state index in [1.807, 2.05) is 6.92 Å². The van der Waals surface area contributed by atoms with Gasteiger partial charge in [0.05, 0.1) is 36.8 Å². The lowest BCUT2D eigenvalue weighted by atomic mass is 10.1. The largest absolute Gasteiger partial charge is 0.480 e. The number of nitrogens with zero attached hydrogens (tertiary/aromatic N) is 4. The minimum Gasteiger partial charge on any atom is -0.480 e. The summed E-state index contributed by atoms with van der Waals surface area (Å²) in [6.07, 6.45) is 3.25. The molecule has 0 fully saturated rings. The predicted octanol–water partition coefficient (Wildman–Crippen LogP) is 2.16. The van der Waals surface area contributed by atoms with Gasteiger partial charge in [0.1, 0.15) is 5.02 Å². The van der Waals surface area contributed by atoms with Crippen LogP contribution in [0, 0.1) is 6.92 Å². The number of hydrogen-bond acceptors (Lipinski definition) is 6. The quantitative estimate of drug-likeness (QED) is 0.880. The van der Waals surface area contributed by atoms with Gasteiger partial charge in [-0.05, 0) is 20.8 Å². The second-order valence-electron chi connectivity index (χ2n) is 5.31. The molecule has 8 heteroatoms. The molecular weight excluding hydrogens is 294 g/mol. The first-order chi connectivity index (χ1) is 9.78. The summed E-state index contributed by atoms with van der Waals surface area (Å²) < 4.78 is 6.72. The van der Waals surface area contributed by atoms with Gasteiger partial charge in [-0.2, -0.15) is 10.1 Å². The minimum absolute atomic E-state index is 0.302. The Labute approximate surface area is 127 Å². The van der Waals surface area contributed by atoms with Crippen molar-refractivity contribution in [3.8, 4) is 5.88 Å². The van der Waals surface area contributed by atoms with Gasteiger partial charge < -0.3 is 15.2 Å². The summed E-state index contributed by atoms with van der Waals surface area (Å²) in [6.45, 7) is 5.70. The number of rotatable bonds is 5. The second kappa shape index (κ2) is 5.87. The van der Waals surface area contributed by atoms with Gasteiger partial charge in [-0.15, -0.1) is 0 Å². The van der Waals surface area contributed by atoms with Crippen LogP contribution in [0.2, 0.25) is 5.02 Å². The van der Waals surface area contributed by atoms with Crippen molar-refractivity contribution in [1.29, 1.82) is 0 Å². The fourth-order valence-electron chi connectivity index (χ4n) is 1.79. The van der Waals surface area contributed by atoms with E-state index in [0.29, 0.717) is 23.4 Å². The van der Waals surface area contributed by atoms with Gasteiger partial charge >= 0.3 is 0 Å². The predicted molar refractivity (Wildman–Crippen MR) is 80.1 cm³/mol. The SMILES string of the molecule is COc1nc(Nc2cn(CC(C)(C)O)nc2C)ncc1Cl. The highest BCUT2D eigenvalue weighted by Gasteiger charge is 2.16. The molecule has 2 rings (SSSR count). The van der Waals surface area contributed by atoms with Crippen molar-refractivity contribution in [3.63, 3.8) is 0 Å². The summed E-state index contributed by atoms with van der Waals surface area (Å²) >= 11 is 5.89. The molecule has 7 nitrogen and oxygen atoms in total. The summed E-state index contributed by atoms with van der Waals surface area (Å²) in [7, 11) is 1.49. The Bertz CT molecular complexity index is 636. The zero-order chi connectivity index (χ0) is 15.6. The third kappa shape index (κ3) is 4.05. The average Bonchev–Trinajstić information content (AvgIpc) is 2.69. The fourth-order valence-corrected chi connectivity index (χ4v) is 1.96. The highest BCUT2D eigenvalue weighted by Crippen LogP contribution is 2.24. The van der Waals surface area contributed by atoms with E-state index in [-0.39, 0.29) is 0 Å². The van der Waals surface area contributed by atoms with Crippen molar-refractivity contribution in [2.75, 3.05) is 12.4 Å². The van der Waals surface area contributed by atoms with E-state index >= 15 is 0 Å². The standard InChI is InChI=1S/C13H18ClN5O2/c1-8-10(6-19(18-8)7-13(2,3)20)16-12-15-5-9(14)11(17-12)21-4/h5-6,20H,7H2,1-4H3,(H,15,16,17). The van der Waals surface area contributed by atoms with Crippen LogP contribution in [0.25, 0.3) is 0 Å². The molecule has 0 aliphatic heterocycles. The smallest absolute Gasteiger partial charge is 0.237 e. The molecule has 2 aromatic heterocycles. The van der Waals surface area contributed by atoms with Crippen molar-refractivity contribution in [1.82, 2.24) is 19.7 Å². The van der Waals surface area contributed by atoms with E-state index in [4.69, 9.17) is 16.3 Å². The summed E-state index contributed by atoms with van der Waals surface area (Å²) in [5.41, 5.74) is 0.691. The number of aryl methyl sites for hydroxylation is 1. The van der Waals surface area contributed by atoms with Crippen LogP contribution in [0.5, 0.6) is 5.88 Å². The lowest BCUT2D eigenvalue weighted by Crippen LogP contribution is -2.26. The number of aromatic nitrogens is 4. The number of halogens is 1. The molecule has 0 saturated heterocycles. The third-order valence-corrected chi connectivity index (χ3v) is 2.91. The summed E-state index contributed by atoms with van der Waals surface area (Å²) in [6, 6.07) is 0. The maximum absolute atomic E-state index is 9.82. The van der Waals surface area contributed by atoms with Crippen molar-refractivity contribution in [2.24, 2.45) is 0 Å². The van der Waals surface area contributed by atoms with E-state index in [9.17, 15) is 5.11 Å². The zero-order valence-corrected chi connectivity index (χ0v) is 13.1. The molecule has 0 aromatic carbocycles. The van der Waals surface area contributed by atoms with Crippen molar-refractivity contribution >= 4 is 23.2 Å². The molecule has 2 aromatic rings. The number of anilines is 2. The van der Waals surface area contributed by atoms with Crippen LogP contribution in [0.1, 0.15) is 19.5 Å². The van der Waals surface area contributed by atoms with Gasteiger partial charge in [-0.3, -0.25) is 4.68 Å². The lowest BCUT2D eigenvalue weighted by Gasteiger charge is -2.16. The van der Waals surface area contributed by atoms with Crippen molar-refractivity contribution in [3.05, 3.63) is 23.1 Å². The normalized spacial score (nSPS) is 11.5. The van der Waals surface area contributed by atoms with Crippen LogP contribution in [-0.2, 0) is 6.54 Å². The summed E-state index contributed by atoms with van der Waals surface area (Å²) in [5, 5.41) is 17.6. The molecule has 0 amide bonds. The minimum atomic E-state index is -0.838.